The number of hydrogen-bond acceptors (Lipinski definition) is 4. The number of hydrogen-bond donors (Lipinski definition) is 1. The highest BCUT2D eigenvalue weighted by atomic mass is 32.1. The number of nitro benzene ring substituents is 1. The van der Waals surface area contributed by atoms with Crippen molar-refractivity contribution in [3.63, 3.8) is 0 Å². The third-order valence-electron chi connectivity index (χ3n) is 1.68. The Hall–Kier alpha value is -1.30. The van der Waals surface area contributed by atoms with E-state index in [-0.39, 0.29) is 11.4 Å². The second kappa shape index (κ2) is 5.55. The van der Waals surface area contributed by atoms with E-state index in [9.17, 15) is 14.5 Å². The lowest BCUT2D eigenvalue weighted by molar-refractivity contribution is -0.386. The first kappa shape index (κ1) is 11.8. The van der Waals surface area contributed by atoms with E-state index in [2.05, 4.69) is 12.6 Å². The van der Waals surface area contributed by atoms with Gasteiger partial charge in [-0.05, 0) is 24.3 Å². The largest absolute Gasteiger partial charge is 0.487 e. The van der Waals surface area contributed by atoms with Crippen molar-refractivity contribution in [2.75, 3.05) is 12.4 Å². The van der Waals surface area contributed by atoms with E-state index in [0.717, 1.165) is 12.1 Å². The Morgan fingerprint density at radius 1 is 1.53 bits per heavy atom. The van der Waals surface area contributed by atoms with Crippen molar-refractivity contribution in [3.8, 4) is 5.75 Å². The fourth-order valence-corrected chi connectivity index (χ4v) is 1.13. The molecule has 15 heavy (non-hydrogen) atoms. The molecule has 0 aliphatic heterocycles. The topological polar surface area (TPSA) is 52.4 Å². The number of ether oxygens (including phenoxy) is 1. The molecule has 1 aromatic carbocycles. The molecule has 0 heterocycles. The number of nitrogens with zero attached hydrogens (tertiary/aromatic N) is 1. The summed E-state index contributed by atoms with van der Waals surface area (Å²) in [5.74, 6) is 0.0704. The zero-order chi connectivity index (χ0) is 11.3. The van der Waals surface area contributed by atoms with Gasteiger partial charge in [-0.1, -0.05) is 0 Å². The number of rotatable bonds is 5. The summed E-state index contributed by atoms with van der Waals surface area (Å²) in [5, 5.41) is 10.6. The Morgan fingerprint density at radius 3 is 2.87 bits per heavy atom. The van der Waals surface area contributed by atoms with Gasteiger partial charge >= 0.3 is 5.69 Å². The van der Waals surface area contributed by atoms with Crippen molar-refractivity contribution >= 4 is 18.3 Å². The average molecular weight is 231 g/mol. The lowest BCUT2D eigenvalue weighted by Gasteiger charge is -2.05. The summed E-state index contributed by atoms with van der Waals surface area (Å²) in [5.41, 5.74) is -0.353. The highest BCUT2D eigenvalue weighted by Gasteiger charge is 2.15. The van der Waals surface area contributed by atoms with E-state index in [4.69, 9.17) is 4.74 Å². The minimum absolute atomic E-state index is 0.0863. The molecule has 0 saturated carbocycles. The minimum atomic E-state index is -0.668. The van der Waals surface area contributed by atoms with Crippen molar-refractivity contribution in [2.24, 2.45) is 0 Å². The monoisotopic (exact) mass is 231 g/mol. The van der Waals surface area contributed by atoms with Crippen LogP contribution in [0.1, 0.15) is 6.42 Å². The molecule has 0 unspecified atom stereocenters. The van der Waals surface area contributed by atoms with Gasteiger partial charge < -0.3 is 4.74 Å². The molecular formula is C9H10FNO3S. The SMILES string of the molecule is O=[N+]([O-])c1cc(F)ccc1OCCCS. The highest BCUT2D eigenvalue weighted by molar-refractivity contribution is 7.80. The fourth-order valence-electron chi connectivity index (χ4n) is 1.00. The van der Waals surface area contributed by atoms with Crippen LogP contribution in [0.5, 0.6) is 5.75 Å². The molecule has 0 saturated heterocycles. The van der Waals surface area contributed by atoms with Gasteiger partial charge in [0.1, 0.15) is 5.82 Å². The third kappa shape index (κ3) is 3.39. The van der Waals surface area contributed by atoms with Crippen molar-refractivity contribution in [1.82, 2.24) is 0 Å². The number of halogens is 1. The molecule has 4 nitrogen and oxygen atoms in total. The first-order valence-corrected chi connectivity index (χ1v) is 4.96. The molecule has 0 atom stereocenters. The molecule has 0 radical (unpaired) electrons. The summed E-state index contributed by atoms with van der Waals surface area (Å²) in [7, 11) is 0. The summed E-state index contributed by atoms with van der Waals surface area (Å²) in [6.07, 6.45) is 0.678. The normalized spacial score (nSPS) is 10.0. The number of thiol groups is 1. The standard InChI is InChI=1S/C9H10FNO3S/c10-7-2-3-9(14-4-1-5-15)8(6-7)11(12)13/h2-3,6,15H,1,4-5H2. The van der Waals surface area contributed by atoms with Gasteiger partial charge in [-0.15, -0.1) is 0 Å². The quantitative estimate of drug-likeness (QED) is 0.366. The van der Waals surface area contributed by atoms with Crippen LogP contribution in [-0.2, 0) is 0 Å². The van der Waals surface area contributed by atoms with Crippen LogP contribution in [0.25, 0.3) is 0 Å². The van der Waals surface area contributed by atoms with E-state index in [1.807, 2.05) is 0 Å². The Bertz CT molecular complexity index is 359. The molecule has 0 fully saturated rings. The van der Waals surface area contributed by atoms with Crippen molar-refractivity contribution in [3.05, 3.63) is 34.1 Å². The van der Waals surface area contributed by atoms with E-state index >= 15 is 0 Å². The van der Waals surface area contributed by atoms with Gasteiger partial charge in [-0.2, -0.15) is 12.6 Å². The van der Waals surface area contributed by atoms with Gasteiger partial charge in [0.15, 0.2) is 5.75 Å². The summed E-state index contributed by atoms with van der Waals surface area (Å²) in [6.45, 7) is 0.329. The average Bonchev–Trinajstić information content (AvgIpc) is 2.20. The summed E-state index contributed by atoms with van der Waals surface area (Å²) in [6, 6.07) is 3.23. The van der Waals surface area contributed by atoms with Crippen LogP contribution in [0.2, 0.25) is 0 Å². The first-order valence-electron chi connectivity index (χ1n) is 4.32. The zero-order valence-electron chi connectivity index (χ0n) is 7.85. The molecule has 0 aliphatic carbocycles. The molecule has 0 amide bonds. The lowest BCUT2D eigenvalue weighted by atomic mass is 10.3. The maximum Gasteiger partial charge on any atom is 0.313 e. The molecule has 0 aliphatic rings. The van der Waals surface area contributed by atoms with Crippen LogP contribution >= 0.6 is 12.6 Å². The second-order valence-corrected chi connectivity index (χ2v) is 3.24. The smallest absolute Gasteiger partial charge is 0.313 e. The van der Waals surface area contributed by atoms with E-state index in [1.165, 1.54) is 6.07 Å². The summed E-state index contributed by atoms with van der Waals surface area (Å²) >= 11 is 3.98. The summed E-state index contributed by atoms with van der Waals surface area (Å²) in [4.78, 5) is 9.88. The molecule has 82 valence electrons. The molecule has 0 N–H and O–H groups in total. The Balaban J connectivity index is 2.81. The van der Waals surface area contributed by atoms with Crippen molar-refractivity contribution in [1.29, 1.82) is 0 Å². The number of nitro groups is 1. The predicted molar refractivity (Wildman–Crippen MR) is 57.0 cm³/mol. The van der Waals surface area contributed by atoms with E-state index in [0.29, 0.717) is 18.8 Å². The summed E-state index contributed by atoms with van der Waals surface area (Å²) < 4.78 is 17.9. The van der Waals surface area contributed by atoms with Crippen LogP contribution in [0.3, 0.4) is 0 Å². The molecule has 6 heteroatoms. The predicted octanol–water partition coefficient (Wildman–Crippen LogP) is 2.43. The van der Waals surface area contributed by atoms with Gasteiger partial charge in [-0.25, -0.2) is 4.39 Å². The highest BCUT2D eigenvalue weighted by Crippen LogP contribution is 2.27. The van der Waals surface area contributed by atoms with Gasteiger partial charge in [-0.3, -0.25) is 10.1 Å². The molecule has 0 bridgehead atoms. The molecule has 1 aromatic rings. The number of benzene rings is 1. The molecule has 0 spiro atoms. The van der Waals surface area contributed by atoms with Gasteiger partial charge in [0.25, 0.3) is 0 Å². The third-order valence-corrected chi connectivity index (χ3v) is 1.99. The van der Waals surface area contributed by atoms with Gasteiger partial charge in [0, 0.05) is 0 Å². The van der Waals surface area contributed by atoms with Crippen LogP contribution in [0.4, 0.5) is 10.1 Å². The zero-order valence-corrected chi connectivity index (χ0v) is 8.74. The van der Waals surface area contributed by atoms with Crippen molar-refractivity contribution in [2.45, 2.75) is 6.42 Å². The fraction of sp³-hybridized carbons (Fsp3) is 0.333. The molecule has 0 aromatic heterocycles. The Labute approximate surface area is 91.6 Å². The minimum Gasteiger partial charge on any atom is -0.487 e. The van der Waals surface area contributed by atoms with Crippen LogP contribution in [0, 0.1) is 15.9 Å². The van der Waals surface area contributed by atoms with E-state index in [1.54, 1.807) is 0 Å². The van der Waals surface area contributed by atoms with Crippen LogP contribution < -0.4 is 4.74 Å². The van der Waals surface area contributed by atoms with Gasteiger partial charge in [0.2, 0.25) is 0 Å². The second-order valence-electron chi connectivity index (χ2n) is 2.79. The van der Waals surface area contributed by atoms with Crippen molar-refractivity contribution < 1.29 is 14.1 Å². The Kier molecular flexibility index (Phi) is 4.36. The maximum absolute atomic E-state index is 12.7. The lowest BCUT2D eigenvalue weighted by Crippen LogP contribution is -2.01. The molecule has 1 rings (SSSR count). The maximum atomic E-state index is 12.7. The van der Waals surface area contributed by atoms with Crippen LogP contribution in [0.15, 0.2) is 18.2 Å². The van der Waals surface area contributed by atoms with Gasteiger partial charge in [0.05, 0.1) is 17.6 Å². The first-order chi connectivity index (χ1) is 7.15. The Morgan fingerprint density at radius 2 is 2.27 bits per heavy atom. The van der Waals surface area contributed by atoms with E-state index < -0.39 is 10.7 Å². The van der Waals surface area contributed by atoms with Crippen LogP contribution in [-0.4, -0.2) is 17.3 Å². The molecular weight excluding hydrogens is 221 g/mol.